The lowest BCUT2D eigenvalue weighted by atomic mass is 9.83. The largest absolute Gasteiger partial charge is 0.481 e. The number of carbonyl (C=O) groups is 1. The van der Waals surface area contributed by atoms with Crippen molar-refractivity contribution in [2.45, 2.75) is 76.6 Å². The minimum atomic E-state index is -4.38. The van der Waals surface area contributed by atoms with Crippen LogP contribution < -0.4 is 0 Å². The summed E-state index contributed by atoms with van der Waals surface area (Å²) in [5.41, 5.74) is 2.58. The molecule has 0 radical (unpaired) electrons. The SMILES string of the molecule is Cc1ccc([C@@H](CC[Si](C)(C)C)N2CC[C@@H](CC(=O)O)C[C@H]2c2ccc(C(F)(F)F)cc2)cc1. The summed E-state index contributed by atoms with van der Waals surface area (Å²) >= 11 is 0. The molecule has 34 heavy (non-hydrogen) atoms. The molecule has 1 heterocycles. The van der Waals surface area contributed by atoms with E-state index in [-0.39, 0.29) is 24.4 Å². The van der Waals surface area contributed by atoms with Crippen LogP contribution in [0.2, 0.25) is 25.7 Å². The van der Waals surface area contributed by atoms with E-state index in [1.165, 1.54) is 11.1 Å². The Morgan fingerprint density at radius 3 is 2.24 bits per heavy atom. The van der Waals surface area contributed by atoms with Crippen LogP contribution in [0.25, 0.3) is 0 Å². The van der Waals surface area contributed by atoms with Gasteiger partial charge in [-0.25, -0.2) is 0 Å². The second kappa shape index (κ2) is 10.6. The molecule has 7 heteroatoms. The van der Waals surface area contributed by atoms with Crippen molar-refractivity contribution in [3.05, 3.63) is 70.8 Å². The Morgan fingerprint density at radius 1 is 1.09 bits per heavy atom. The Hall–Kier alpha value is -2.12. The van der Waals surface area contributed by atoms with E-state index in [0.29, 0.717) is 6.42 Å². The standard InChI is InChI=1S/C27H36F3NO2Si/c1-19-5-7-21(8-6-19)24(14-16-34(2,3)4)31-15-13-20(18-26(32)33)17-25(31)22-9-11-23(12-10-22)27(28,29)30/h5-12,20,24-25H,13-18H2,1-4H3,(H,32,33)/t20-,24-,25+/m1/s1. The van der Waals surface area contributed by atoms with Crippen molar-refractivity contribution in [1.82, 2.24) is 4.90 Å². The van der Waals surface area contributed by atoms with Crippen LogP contribution in [0, 0.1) is 12.8 Å². The number of nitrogens with zero attached hydrogens (tertiary/aromatic N) is 1. The number of aryl methyl sites for hydroxylation is 1. The highest BCUT2D eigenvalue weighted by Crippen LogP contribution is 2.43. The smallest absolute Gasteiger partial charge is 0.416 e. The molecule has 1 aliphatic heterocycles. The van der Waals surface area contributed by atoms with Crippen molar-refractivity contribution >= 4 is 14.0 Å². The molecule has 0 aromatic heterocycles. The van der Waals surface area contributed by atoms with Crippen molar-refractivity contribution in [3.63, 3.8) is 0 Å². The van der Waals surface area contributed by atoms with E-state index in [2.05, 4.69) is 55.7 Å². The fraction of sp³-hybridized carbons (Fsp3) is 0.519. The van der Waals surface area contributed by atoms with Gasteiger partial charge in [0, 0.05) is 26.6 Å². The Bertz CT molecular complexity index is 952. The van der Waals surface area contributed by atoms with Crippen LogP contribution in [0.5, 0.6) is 0 Å². The molecule has 0 bridgehead atoms. The van der Waals surface area contributed by atoms with E-state index in [1.807, 2.05) is 0 Å². The van der Waals surface area contributed by atoms with Gasteiger partial charge < -0.3 is 5.11 Å². The van der Waals surface area contributed by atoms with Crippen molar-refractivity contribution in [3.8, 4) is 0 Å². The fourth-order valence-corrected chi connectivity index (χ4v) is 6.11. The van der Waals surface area contributed by atoms with Gasteiger partial charge in [-0.1, -0.05) is 67.6 Å². The number of halogens is 3. The molecule has 2 aromatic carbocycles. The predicted molar refractivity (Wildman–Crippen MR) is 133 cm³/mol. The molecule has 0 aliphatic carbocycles. The van der Waals surface area contributed by atoms with Gasteiger partial charge in [-0.05, 0) is 61.9 Å². The third-order valence-electron chi connectivity index (χ3n) is 6.87. The Morgan fingerprint density at radius 2 is 1.71 bits per heavy atom. The molecule has 3 rings (SSSR count). The molecule has 1 N–H and O–H groups in total. The normalized spacial score (nSPS) is 20.8. The second-order valence-corrected chi connectivity index (χ2v) is 16.5. The first-order valence-electron chi connectivity index (χ1n) is 12.0. The number of hydrogen-bond acceptors (Lipinski definition) is 2. The van der Waals surface area contributed by atoms with Crippen molar-refractivity contribution in [1.29, 1.82) is 0 Å². The number of piperidine rings is 1. The van der Waals surface area contributed by atoms with Gasteiger partial charge in [-0.3, -0.25) is 9.69 Å². The van der Waals surface area contributed by atoms with Gasteiger partial charge in [0.25, 0.3) is 0 Å². The van der Waals surface area contributed by atoms with Gasteiger partial charge >= 0.3 is 12.1 Å². The van der Waals surface area contributed by atoms with Crippen LogP contribution in [0.15, 0.2) is 48.5 Å². The van der Waals surface area contributed by atoms with E-state index in [9.17, 15) is 23.1 Å². The van der Waals surface area contributed by atoms with E-state index in [4.69, 9.17) is 0 Å². The lowest BCUT2D eigenvalue weighted by Gasteiger charge is -2.45. The first-order chi connectivity index (χ1) is 15.8. The summed E-state index contributed by atoms with van der Waals surface area (Å²) in [6, 6.07) is 15.2. The summed E-state index contributed by atoms with van der Waals surface area (Å²) in [5, 5.41) is 9.37. The highest BCUT2D eigenvalue weighted by Gasteiger charge is 2.37. The average molecular weight is 492 g/mol. The van der Waals surface area contributed by atoms with E-state index in [0.717, 1.165) is 43.1 Å². The molecule has 3 atom stereocenters. The van der Waals surface area contributed by atoms with Gasteiger partial charge in [-0.2, -0.15) is 13.2 Å². The fourth-order valence-electron chi connectivity index (χ4n) is 4.97. The van der Waals surface area contributed by atoms with E-state index in [1.54, 1.807) is 12.1 Å². The third-order valence-corrected chi connectivity index (χ3v) is 8.66. The predicted octanol–water partition coefficient (Wildman–Crippen LogP) is 7.71. The number of hydrogen-bond donors (Lipinski definition) is 1. The summed E-state index contributed by atoms with van der Waals surface area (Å²) in [5.74, 6) is -0.810. The molecule has 0 saturated carbocycles. The highest BCUT2D eigenvalue weighted by molar-refractivity contribution is 6.76. The molecule has 0 spiro atoms. The maximum absolute atomic E-state index is 13.2. The maximum Gasteiger partial charge on any atom is 0.416 e. The van der Waals surface area contributed by atoms with Crippen molar-refractivity contribution in [2.75, 3.05) is 6.54 Å². The minimum absolute atomic E-state index is 0.0108. The molecule has 1 aliphatic rings. The van der Waals surface area contributed by atoms with Gasteiger partial charge in [0.05, 0.1) is 5.56 Å². The lowest BCUT2D eigenvalue weighted by Crippen LogP contribution is -2.40. The summed E-state index contributed by atoms with van der Waals surface area (Å²) in [7, 11) is -1.32. The summed E-state index contributed by atoms with van der Waals surface area (Å²) in [4.78, 5) is 13.8. The molecule has 1 saturated heterocycles. The minimum Gasteiger partial charge on any atom is -0.481 e. The van der Waals surface area contributed by atoms with E-state index >= 15 is 0 Å². The molecule has 1 fully saturated rings. The maximum atomic E-state index is 13.2. The Balaban J connectivity index is 1.98. The number of benzene rings is 2. The van der Waals surface area contributed by atoms with Crippen LogP contribution in [-0.4, -0.2) is 30.6 Å². The number of aliphatic carboxylic acids is 1. The van der Waals surface area contributed by atoms with Gasteiger partial charge in [0.1, 0.15) is 0 Å². The van der Waals surface area contributed by atoms with Gasteiger partial charge in [-0.15, -0.1) is 0 Å². The zero-order valence-corrected chi connectivity index (χ0v) is 21.5. The van der Waals surface area contributed by atoms with Crippen molar-refractivity contribution < 1.29 is 23.1 Å². The van der Waals surface area contributed by atoms with Crippen LogP contribution in [0.4, 0.5) is 13.2 Å². The van der Waals surface area contributed by atoms with Crippen molar-refractivity contribution in [2.24, 2.45) is 5.92 Å². The van der Waals surface area contributed by atoms with Crippen LogP contribution >= 0.6 is 0 Å². The zero-order valence-electron chi connectivity index (χ0n) is 20.5. The average Bonchev–Trinajstić information content (AvgIpc) is 2.74. The molecule has 0 amide bonds. The van der Waals surface area contributed by atoms with Crippen LogP contribution in [0.1, 0.15) is 60.0 Å². The quantitative estimate of drug-likeness (QED) is 0.385. The number of carboxylic acid groups (broad SMARTS) is 1. The Kier molecular flexibility index (Phi) is 8.29. The lowest BCUT2D eigenvalue weighted by molar-refractivity contribution is -0.139. The monoisotopic (exact) mass is 491 g/mol. The Labute approximate surface area is 202 Å². The van der Waals surface area contributed by atoms with Crippen LogP contribution in [-0.2, 0) is 11.0 Å². The third kappa shape index (κ3) is 7.19. The summed E-state index contributed by atoms with van der Waals surface area (Å²) in [6.45, 7) is 9.85. The number of carboxylic acids is 1. The molecule has 2 aromatic rings. The molecule has 0 unspecified atom stereocenters. The van der Waals surface area contributed by atoms with Crippen LogP contribution in [0.3, 0.4) is 0 Å². The zero-order chi connectivity index (χ0) is 25.1. The number of likely N-dealkylation sites (tertiary alicyclic amines) is 1. The summed E-state index contributed by atoms with van der Waals surface area (Å²) < 4.78 is 39.5. The van der Waals surface area contributed by atoms with Gasteiger partial charge in [0.15, 0.2) is 0 Å². The first kappa shape index (κ1) is 26.5. The number of rotatable bonds is 8. The molecular formula is C27H36F3NO2Si. The molecule has 3 nitrogen and oxygen atoms in total. The van der Waals surface area contributed by atoms with E-state index < -0.39 is 25.8 Å². The first-order valence-corrected chi connectivity index (χ1v) is 15.8. The number of alkyl halides is 3. The summed E-state index contributed by atoms with van der Waals surface area (Å²) in [6.07, 6.45) is -1.89. The second-order valence-electron chi connectivity index (χ2n) is 10.9. The molecule has 186 valence electrons. The topological polar surface area (TPSA) is 40.5 Å². The molecular weight excluding hydrogens is 455 g/mol. The highest BCUT2D eigenvalue weighted by atomic mass is 28.3. The van der Waals surface area contributed by atoms with Gasteiger partial charge in [0.2, 0.25) is 0 Å².